The van der Waals surface area contributed by atoms with Crippen LogP contribution in [0.15, 0.2) is 24.3 Å². The Kier molecular flexibility index (Phi) is 2.96. The molecular formula is C19H19ClN4S. The van der Waals surface area contributed by atoms with Crippen molar-refractivity contribution in [2.24, 2.45) is 17.8 Å². The number of halogens is 1. The van der Waals surface area contributed by atoms with Crippen LogP contribution in [0.2, 0.25) is 5.02 Å². The van der Waals surface area contributed by atoms with Crippen LogP contribution in [0.1, 0.15) is 44.3 Å². The Bertz CT molecular complexity index is 940. The summed E-state index contributed by atoms with van der Waals surface area (Å²) in [5.74, 6) is 3.77. The van der Waals surface area contributed by atoms with Crippen molar-refractivity contribution in [1.29, 1.82) is 0 Å². The highest BCUT2D eigenvalue weighted by Crippen LogP contribution is 2.60. The van der Waals surface area contributed by atoms with E-state index >= 15 is 0 Å². The van der Waals surface area contributed by atoms with Crippen molar-refractivity contribution in [3.8, 4) is 10.6 Å². The molecule has 7 rings (SSSR count). The number of rotatable bonds is 2. The molecule has 0 spiro atoms. The maximum absolute atomic E-state index is 6.37. The topological polar surface area (TPSA) is 43.1 Å². The zero-order valence-electron chi connectivity index (χ0n) is 13.9. The minimum absolute atomic E-state index is 0.208. The number of hydrogen-bond acceptors (Lipinski definition) is 4. The van der Waals surface area contributed by atoms with Crippen molar-refractivity contribution in [1.82, 2.24) is 19.8 Å². The van der Waals surface area contributed by atoms with Gasteiger partial charge in [0.15, 0.2) is 5.82 Å². The third kappa shape index (κ3) is 2.08. The molecule has 3 aromatic rings. The largest absolute Gasteiger partial charge is 0.235 e. The summed E-state index contributed by atoms with van der Waals surface area (Å²) in [5.41, 5.74) is 1.19. The first-order valence-corrected chi connectivity index (χ1v) is 10.4. The van der Waals surface area contributed by atoms with E-state index in [4.69, 9.17) is 16.7 Å². The Morgan fingerprint density at radius 3 is 2.36 bits per heavy atom. The minimum Gasteiger partial charge on any atom is -0.186 e. The lowest BCUT2D eigenvalue weighted by Gasteiger charge is -2.55. The Balaban J connectivity index is 1.48. The summed E-state index contributed by atoms with van der Waals surface area (Å²) < 4.78 is 2.02. The SMILES string of the molecule is Clc1ccccc1-c1nn2c(C34CC5CC(CC(C5)C3)C4)nnc2s1. The Labute approximate surface area is 155 Å². The molecule has 4 saturated carbocycles. The van der Waals surface area contributed by atoms with Gasteiger partial charge >= 0.3 is 0 Å². The van der Waals surface area contributed by atoms with Crippen LogP contribution >= 0.6 is 22.9 Å². The molecular weight excluding hydrogens is 352 g/mol. The van der Waals surface area contributed by atoms with E-state index in [-0.39, 0.29) is 5.41 Å². The zero-order valence-corrected chi connectivity index (χ0v) is 15.4. The summed E-state index contributed by atoms with van der Waals surface area (Å²) in [6.07, 6.45) is 8.13. The highest BCUT2D eigenvalue weighted by Gasteiger charge is 2.54. The molecule has 4 nitrogen and oxygen atoms in total. The van der Waals surface area contributed by atoms with Crippen molar-refractivity contribution >= 4 is 27.9 Å². The van der Waals surface area contributed by atoms with E-state index in [1.807, 2.05) is 28.8 Å². The molecule has 4 bridgehead atoms. The first kappa shape index (κ1) is 14.7. The van der Waals surface area contributed by atoms with Gasteiger partial charge in [-0.25, -0.2) is 0 Å². The van der Waals surface area contributed by atoms with E-state index in [9.17, 15) is 0 Å². The second-order valence-electron chi connectivity index (χ2n) is 8.30. The van der Waals surface area contributed by atoms with Crippen LogP contribution in [-0.4, -0.2) is 19.8 Å². The van der Waals surface area contributed by atoms with Gasteiger partial charge in [-0.3, -0.25) is 0 Å². The normalized spacial score (nSPS) is 33.4. The molecule has 1 aromatic carbocycles. The minimum atomic E-state index is 0.208. The highest BCUT2D eigenvalue weighted by molar-refractivity contribution is 7.19. The Morgan fingerprint density at radius 2 is 1.68 bits per heavy atom. The number of benzene rings is 1. The molecule has 4 aliphatic rings. The second kappa shape index (κ2) is 5.04. The lowest BCUT2D eigenvalue weighted by molar-refractivity contribution is -0.0103. The maximum Gasteiger partial charge on any atom is 0.235 e. The van der Waals surface area contributed by atoms with Gasteiger partial charge in [0.05, 0.1) is 5.02 Å². The summed E-state index contributed by atoms with van der Waals surface area (Å²) >= 11 is 7.95. The fraction of sp³-hybridized carbons (Fsp3) is 0.526. The predicted molar refractivity (Wildman–Crippen MR) is 99.0 cm³/mol. The first-order chi connectivity index (χ1) is 12.2. The lowest BCUT2D eigenvalue weighted by Crippen LogP contribution is -2.49. The van der Waals surface area contributed by atoms with Gasteiger partial charge in [-0.1, -0.05) is 41.1 Å². The summed E-state index contributed by atoms with van der Waals surface area (Å²) in [6.45, 7) is 0. The van der Waals surface area contributed by atoms with Crippen LogP contribution in [0.3, 0.4) is 0 Å². The van der Waals surface area contributed by atoms with Crippen molar-refractivity contribution in [3.05, 3.63) is 35.1 Å². The third-order valence-electron chi connectivity index (χ3n) is 6.61. The maximum atomic E-state index is 6.37. The molecule has 2 heterocycles. The van der Waals surface area contributed by atoms with Gasteiger partial charge in [0.1, 0.15) is 5.01 Å². The van der Waals surface area contributed by atoms with Crippen LogP contribution in [0.4, 0.5) is 0 Å². The smallest absolute Gasteiger partial charge is 0.186 e. The van der Waals surface area contributed by atoms with E-state index in [1.165, 1.54) is 38.5 Å². The monoisotopic (exact) mass is 370 g/mol. The molecule has 25 heavy (non-hydrogen) atoms. The molecule has 0 unspecified atom stereocenters. The molecule has 0 atom stereocenters. The fourth-order valence-corrected chi connectivity index (χ4v) is 7.24. The standard InChI is InChI=1S/C19H19ClN4S/c20-15-4-2-1-3-14(15)16-23-24-17(21-22-18(24)25-16)19-8-11-5-12(9-19)7-13(6-11)10-19/h1-4,11-13H,5-10H2. The highest BCUT2D eigenvalue weighted by atomic mass is 35.5. The molecule has 4 fully saturated rings. The molecule has 0 amide bonds. The van der Waals surface area contributed by atoms with Crippen molar-refractivity contribution in [3.63, 3.8) is 0 Å². The number of hydrogen-bond donors (Lipinski definition) is 0. The summed E-state index contributed by atoms with van der Waals surface area (Å²) in [6, 6.07) is 7.90. The van der Waals surface area contributed by atoms with E-state index in [1.54, 1.807) is 11.3 Å². The predicted octanol–water partition coefficient (Wildman–Crippen LogP) is 4.97. The van der Waals surface area contributed by atoms with Crippen LogP contribution in [0.5, 0.6) is 0 Å². The molecule has 128 valence electrons. The van der Waals surface area contributed by atoms with Gasteiger partial charge < -0.3 is 0 Å². The molecule has 2 aromatic heterocycles. The van der Waals surface area contributed by atoms with Gasteiger partial charge in [-0.2, -0.15) is 9.61 Å². The molecule has 0 N–H and O–H groups in total. The first-order valence-electron chi connectivity index (χ1n) is 9.18. The van der Waals surface area contributed by atoms with Gasteiger partial charge in [0.2, 0.25) is 4.96 Å². The average molecular weight is 371 g/mol. The van der Waals surface area contributed by atoms with E-state index < -0.39 is 0 Å². The van der Waals surface area contributed by atoms with E-state index in [0.29, 0.717) is 0 Å². The quantitative estimate of drug-likeness (QED) is 0.639. The van der Waals surface area contributed by atoms with Crippen LogP contribution in [0, 0.1) is 17.8 Å². The zero-order chi connectivity index (χ0) is 16.6. The molecule has 0 aliphatic heterocycles. The van der Waals surface area contributed by atoms with E-state index in [0.717, 1.165) is 44.1 Å². The number of fused-ring (bicyclic) bond motifs is 1. The van der Waals surface area contributed by atoms with Gasteiger partial charge in [0, 0.05) is 11.0 Å². The lowest BCUT2D eigenvalue weighted by atomic mass is 9.49. The summed E-state index contributed by atoms with van der Waals surface area (Å²) in [5, 5.41) is 15.7. The van der Waals surface area contributed by atoms with Crippen LogP contribution in [-0.2, 0) is 5.41 Å². The summed E-state index contributed by atoms with van der Waals surface area (Å²) in [7, 11) is 0. The summed E-state index contributed by atoms with van der Waals surface area (Å²) in [4.78, 5) is 0.890. The molecule has 6 heteroatoms. The average Bonchev–Trinajstić information content (AvgIpc) is 3.14. The third-order valence-corrected chi connectivity index (χ3v) is 7.87. The number of nitrogens with zero attached hydrogens (tertiary/aromatic N) is 4. The Hall–Kier alpha value is -1.46. The Morgan fingerprint density at radius 1 is 1.00 bits per heavy atom. The van der Waals surface area contributed by atoms with Crippen molar-refractivity contribution in [2.45, 2.75) is 43.9 Å². The fourth-order valence-electron chi connectivity index (χ4n) is 6.08. The van der Waals surface area contributed by atoms with Crippen LogP contribution < -0.4 is 0 Å². The van der Waals surface area contributed by atoms with Gasteiger partial charge in [-0.05, 0) is 62.3 Å². The number of aromatic nitrogens is 4. The molecule has 0 saturated heterocycles. The molecule has 0 radical (unpaired) electrons. The van der Waals surface area contributed by atoms with Gasteiger partial charge in [0.25, 0.3) is 0 Å². The van der Waals surface area contributed by atoms with E-state index in [2.05, 4.69) is 10.2 Å². The van der Waals surface area contributed by atoms with Crippen LogP contribution in [0.25, 0.3) is 15.5 Å². The second-order valence-corrected chi connectivity index (χ2v) is 9.67. The van der Waals surface area contributed by atoms with Crippen molar-refractivity contribution < 1.29 is 0 Å². The van der Waals surface area contributed by atoms with Gasteiger partial charge in [-0.15, -0.1) is 10.2 Å². The molecule has 4 aliphatic carbocycles. The van der Waals surface area contributed by atoms with Crippen molar-refractivity contribution in [2.75, 3.05) is 0 Å².